The van der Waals surface area contributed by atoms with E-state index >= 15 is 0 Å². The molecule has 1 saturated carbocycles. The van der Waals surface area contributed by atoms with E-state index in [0.717, 1.165) is 12.8 Å². The van der Waals surface area contributed by atoms with Crippen LogP contribution >= 0.6 is 0 Å². The van der Waals surface area contributed by atoms with E-state index in [1.165, 1.54) is 54.9 Å². The number of benzene rings is 1. The van der Waals surface area contributed by atoms with Crippen LogP contribution in [-0.2, 0) is 32.0 Å². The molecule has 1 N–H and O–H groups in total. The number of rotatable bonds is 0. The molecule has 0 atom stereocenters. The summed E-state index contributed by atoms with van der Waals surface area (Å²) in [6, 6.07) is 9.62. The summed E-state index contributed by atoms with van der Waals surface area (Å²) in [5.41, 5.74) is 11.8. The summed E-state index contributed by atoms with van der Waals surface area (Å²) in [5.74, 6) is 0. The average Bonchev–Trinajstić information content (AvgIpc) is 3.09. The Labute approximate surface area is 174 Å². The van der Waals surface area contributed by atoms with E-state index in [-0.39, 0.29) is 27.1 Å². The molecule has 1 fully saturated rings. The number of hydrogen-bond donors (Lipinski definition) is 0. The van der Waals surface area contributed by atoms with E-state index < -0.39 is 0 Å². The smallest absolute Gasteiger partial charge is 0.0289 e. The third-order valence-corrected chi connectivity index (χ3v) is 4.67. The van der Waals surface area contributed by atoms with Crippen LogP contribution in [0.15, 0.2) is 24.3 Å². The van der Waals surface area contributed by atoms with Gasteiger partial charge < -0.3 is 20.6 Å². The number of aryl methyl sites for hydroxylation is 3. The van der Waals surface area contributed by atoms with E-state index in [4.69, 9.17) is 5.73 Å². The van der Waals surface area contributed by atoms with Crippen LogP contribution in [-0.4, -0.2) is 12.2 Å². The van der Waals surface area contributed by atoms with Gasteiger partial charge in [0.25, 0.3) is 0 Å². The molecular weight excluding hydrogens is 366 g/mol. The van der Waals surface area contributed by atoms with Crippen molar-refractivity contribution in [1.29, 1.82) is 0 Å². The molecule has 2 aromatic rings. The second-order valence-electron chi connectivity index (χ2n) is 7.47. The molecule has 0 unspecified atom stereocenters. The molecular formula is C23H37NSiTi-4. The molecule has 0 aliphatic heterocycles. The van der Waals surface area contributed by atoms with Crippen LogP contribution in [0.3, 0.4) is 0 Å². The average molecular weight is 404 g/mol. The summed E-state index contributed by atoms with van der Waals surface area (Å²) in [6.45, 7) is 6.71. The Morgan fingerprint density at radius 3 is 2.00 bits per heavy atom. The van der Waals surface area contributed by atoms with Crippen molar-refractivity contribution in [3.05, 3.63) is 61.5 Å². The zero-order valence-electron chi connectivity index (χ0n) is 17.5. The molecule has 4 rings (SSSR count). The van der Waals surface area contributed by atoms with Crippen LogP contribution in [0.1, 0.15) is 55.2 Å². The standard InChI is InChI=1S/C13H13.C6H12N.C2H6Si.2CH3.Ti/c1-9-5-12-7-10-3-2-4-11(10)8-13(12)6-9;7-6-4-2-1-3-5-6;1-3-2;;;/h5-8H,2-4H2,1H3;6-7H,1-5H2;1-2H3;2*1H3;/q2*-1;;2*-1;. The maximum atomic E-state index is 7.27. The molecule has 2 aliphatic carbocycles. The Morgan fingerprint density at radius 1 is 0.962 bits per heavy atom. The molecule has 0 radical (unpaired) electrons. The fourth-order valence-electron chi connectivity index (χ4n) is 3.55. The van der Waals surface area contributed by atoms with Gasteiger partial charge in [-0.25, -0.2) is 0 Å². The summed E-state index contributed by atoms with van der Waals surface area (Å²) in [7, 11) is 0. The Balaban J connectivity index is 0.000000415. The second kappa shape index (κ2) is 13.0. The Hall–Kier alpha value is -0.279. The van der Waals surface area contributed by atoms with Gasteiger partial charge in [-0.1, -0.05) is 50.2 Å². The topological polar surface area (TPSA) is 23.8 Å². The van der Waals surface area contributed by atoms with Crippen LogP contribution in [0.4, 0.5) is 0 Å². The largest absolute Gasteiger partial charge is 0.675 e. The molecule has 2 aliphatic rings. The van der Waals surface area contributed by atoms with E-state index in [0.29, 0.717) is 0 Å². The maximum Gasteiger partial charge on any atom is -0.0289 e. The minimum Gasteiger partial charge on any atom is -0.675 e. The molecule has 26 heavy (non-hydrogen) atoms. The van der Waals surface area contributed by atoms with Gasteiger partial charge in [0, 0.05) is 0 Å². The van der Waals surface area contributed by atoms with E-state index in [9.17, 15) is 0 Å². The first-order chi connectivity index (χ1) is 11.5. The SMILES string of the molecule is C[Si](C)=[Ti].Cc1cc2cc3c(cc2[cH-]1)CCC3.[CH3-].[CH3-].[NH-]C1CCCCC1. The van der Waals surface area contributed by atoms with Gasteiger partial charge in [0.15, 0.2) is 0 Å². The van der Waals surface area contributed by atoms with Gasteiger partial charge >= 0.3 is 38.5 Å². The zero-order chi connectivity index (χ0) is 17.5. The Morgan fingerprint density at radius 2 is 1.50 bits per heavy atom. The van der Waals surface area contributed by atoms with Crippen molar-refractivity contribution in [2.75, 3.05) is 0 Å². The van der Waals surface area contributed by atoms with Crippen molar-refractivity contribution in [2.24, 2.45) is 0 Å². The number of fused-ring (bicyclic) bond motifs is 2. The summed E-state index contributed by atoms with van der Waals surface area (Å²) < 4.78 is 0. The predicted molar refractivity (Wildman–Crippen MR) is 118 cm³/mol. The number of hydrogen-bond acceptors (Lipinski definition) is 0. The monoisotopic (exact) mass is 403 g/mol. The van der Waals surface area contributed by atoms with E-state index in [1.54, 1.807) is 11.1 Å². The number of nitrogens with one attached hydrogen (secondary N) is 1. The summed E-state index contributed by atoms with van der Waals surface area (Å²) in [5, 5.41) is 2.86. The van der Waals surface area contributed by atoms with Gasteiger partial charge in [-0.3, -0.25) is 0 Å². The van der Waals surface area contributed by atoms with Crippen molar-refractivity contribution in [3.63, 3.8) is 0 Å². The van der Waals surface area contributed by atoms with Crippen LogP contribution in [0.25, 0.3) is 16.5 Å². The first-order valence-electron chi connectivity index (χ1n) is 9.37. The molecule has 0 amide bonds. The second-order valence-corrected chi connectivity index (χ2v) is 14.2. The van der Waals surface area contributed by atoms with Gasteiger partial charge in [0.2, 0.25) is 0 Å². The molecule has 3 heteroatoms. The molecule has 2 aromatic carbocycles. The molecule has 146 valence electrons. The quantitative estimate of drug-likeness (QED) is 0.323. The van der Waals surface area contributed by atoms with Gasteiger partial charge in [-0.15, -0.1) is 40.6 Å². The van der Waals surface area contributed by atoms with Gasteiger partial charge in [-0.05, 0) is 19.3 Å². The summed E-state index contributed by atoms with van der Waals surface area (Å²) in [4.78, 5) is 0. The predicted octanol–water partition coefficient (Wildman–Crippen LogP) is 7.41. The van der Waals surface area contributed by atoms with Crippen LogP contribution in [0.2, 0.25) is 13.1 Å². The Kier molecular flexibility index (Phi) is 12.9. The van der Waals surface area contributed by atoms with Crippen molar-refractivity contribution in [2.45, 2.75) is 77.4 Å². The molecule has 1 nitrogen and oxygen atoms in total. The first-order valence-corrected chi connectivity index (χ1v) is 14.2. The zero-order valence-corrected chi connectivity index (χ0v) is 20.1. The third-order valence-electron chi connectivity index (χ3n) is 4.67. The fourth-order valence-corrected chi connectivity index (χ4v) is 3.55. The van der Waals surface area contributed by atoms with Crippen molar-refractivity contribution >= 4 is 17.0 Å². The van der Waals surface area contributed by atoms with E-state index in [1.807, 2.05) is 0 Å². The minimum absolute atomic E-state index is 0. The van der Waals surface area contributed by atoms with Crippen LogP contribution in [0.5, 0.6) is 0 Å². The third kappa shape index (κ3) is 8.61. The van der Waals surface area contributed by atoms with Crippen LogP contribution < -0.4 is 0 Å². The molecule has 0 heterocycles. The fraction of sp³-hybridized carbons (Fsp3) is 0.522. The summed E-state index contributed by atoms with van der Waals surface area (Å²) in [6.07, 6.45) is 10.3. The van der Waals surface area contributed by atoms with Crippen molar-refractivity contribution in [1.82, 2.24) is 0 Å². The molecule has 0 saturated heterocycles. The normalized spacial score (nSPS) is 15.3. The molecule has 0 spiro atoms. The van der Waals surface area contributed by atoms with Gasteiger partial charge in [0.1, 0.15) is 0 Å². The van der Waals surface area contributed by atoms with Crippen LogP contribution in [0, 0.1) is 21.8 Å². The van der Waals surface area contributed by atoms with E-state index in [2.05, 4.69) is 63.5 Å². The van der Waals surface area contributed by atoms with Gasteiger partial charge in [-0.2, -0.15) is 6.07 Å². The minimum atomic E-state index is 0. The molecule has 0 aromatic heterocycles. The molecule has 0 bridgehead atoms. The Bertz CT molecular complexity index is 623. The van der Waals surface area contributed by atoms with Crippen molar-refractivity contribution in [3.8, 4) is 0 Å². The maximum absolute atomic E-state index is 7.27. The first kappa shape index (κ1) is 25.7. The summed E-state index contributed by atoms with van der Waals surface area (Å²) >= 11 is 2.27. The van der Waals surface area contributed by atoms with Crippen molar-refractivity contribution < 1.29 is 19.2 Å². The van der Waals surface area contributed by atoms with Gasteiger partial charge in [0.05, 0.1) is 0 Å².